The highest BCUT2D eigenvalue weighted by Gasteiger charge is 2.43. The second kappa shape index (κ2) is 9.59. The number of aliphatic hydroxyl groups is 1. The Morgan fingerprint density at radius 1 is 1.15 bits per heavy atom. The number of hydrogen-bond acceptors (Lipinski definition) is 8. The second-order valence-electron chi connectivity index (χ2n) is 7.73. The van der Waals surface area contributed by atoms with Gasteiger partial charge in [-0.3, -0.25) is 9.59 Å². The zero-order valence-electron chi connectivity index (χ0n) is 18.2. The summed E-state index contributed by atoms with van der Waals surface area (Å²) in [5.41, 5.74) is 0.656. The average Bonchev–Trinajstić information content (AvgIpc) is 3.14. The maximum Gasteiger partial charge on any atom is 0.586 e. The normalized spacial score (nSPS) is 17.6. The van der Waals surface area contributed by atoms with Crippen LogP contribution in [0.5, 0.6) is 17.4 Å². The van der Waals surface area contributed by atoms with Crippen LogP contribution in [-0.4, -0.2) is 81.9 Å². The van der Waals surface area contributed by atoms with Gasteiger partial charge in [-0.2, -0.15) is 0 Å². The molecule has 1 fully saturated rings. The minimum Gasteiger partial charge on any atom is -0.475 e. The van der Waals surface area contributed by atoms with E-state index in [0.29, 0.717) is 31.7 Å². The number of carbonyl (C=O) groups excluding carboxylic acids is 2. The molecule has 0 aliphatic carbocycles. The summed E-state index contributed by atoms with van der Waals surface area (Å²) in [7, 11) is 0. The molecule has 0 bridgehead atoms. The molecule has 0 spiro atoms. The summed E-state index contributed by atoms with van der Waals surface area (Å²) >= 11 is 0. The molecule has 2 aliphatic rings. The second-order valence-corrected chi connectivity index (χ2v) is 7.73. The number of rotatable bonds is 6. The molecule has 4 rings (SSSR count). The van der Waals surface area contributed by atoms with E-state index in [2.05, 4.69) is 19.4 Å². The zero-order valence-corrected chi connectivity index (χ0v) is 18.2. The van der Waals surface area contributed by atoms with Crippen LogP contribution in [0.15, 0.2) is 36.7 Å². The molecule has 1 saturated heterocycles. The number of fused-ring (bicyclic) bond motifs is 1. The van der Waals surface area contributed by atoms with Gasteiger partial charge in [-0.15, -0.1) is 8.78 Å². The zero-order chi connectivity index (χ0) is 24.3. The van der Waals surface area contributed by atoms with Gasteiger partial charge < -0.3 is 29.1 Å². The molecule has 3 heterocycles. The molecule has 0 radical (unpaired) electrons. The number of aromatic nitrogens is 2. The van der Waals surface area contributed by atoms with Crippen molar-refractivity contribution in [3.8, 4) is 17.4 Å². The van der Waals surface area contributed by atoms with E-state index in [-0.39, 0.29) is 41.5 Å². The van der Waals surface area contributed by atoms with Gasteiger partial charge in [-0.05, 0) is 30.7 Å². The number of hydrogen-bond donors (Lipinski definition) is 1. The quantitative estimate of drug-likeness (QED) is 0.625. The first kappa shape index (κ1) is 23.4. The number of aliphatic hydroxyl groups excluding tert-OH is 1. The van der Waals surface area contributed by atoms with Gasteiger partial charge in [0.15, 0.2) is 11.5 Å². The molecule has 2 amide bonds. The summed E-state index contributed by atoms with van der Waals surface area (Å²) in [6, 6.07) is 5.65. The van der Waals surface area contributed by atoms with Crippen molar-refractivity contribution in [2.75, 3.05) is 32.8 Å². The Hall–Kier alpha value is -3.80. The molecule has 0 saturated carbocycles. The minimum absolute atomic E-state index is 0.0394. The van der Waals surface area contributed by atoms with Crippen LogP contribution in [0.3, 0.4) is 0 Å². The first-order valence-electron chi connectivity index (χ1n) is 10.5. The van der Waals surface area contributed by atoms with Crippen LogP contribution in [0.4, 0.5) is 8.78 Å². The molecule has 12 heteroatoms. The third kappa shape index (κ3) is 5.57. The van der Waals surface area contributed by atoms with Crippen molar-refractivity contribution in [1.82, 2.24) is 19.8 Å². The lowest BCUT2D eigenvalue weighted by Gasteiger charge is -2.34. The largest absolute Gasteiger partial charge is 0.586 e. The van der Waals surface area contributed by atoms with E-state index in [1.54, 1.807) is 16.7 Å². The molecule has 0 unspecified atom stereocenters. The fraction of sp³-hybridized carbons (Fsp3) is 0.364. The van der Waals surface area contributed by atoms with E-state index in [1.807, 2.05) is 0 Å². The van der Waals surface area contributed by atoms with Crippen LogP contribution < -0.4 is 14.2 Å². The van der Waals surface area contributed by atoms with Crippen LogP contribution in [0.2, 0.25) is 0 Å². The van der Waals surface area contributed by atoms with E-state index < -0.39 is 12.4 Å². The molecular formula is C22H22F2N4O6. The third-order valence-corrected chi connectivity index (χ3v) is 5.06. The molecule has 1 aromatic heterocycles. The van der Waals surface area contributed by atoms with E-state index in [9.17, 15) is 23.5 Å². The molecule has 10 nitrogen and oxygen atoms in total. The highest BCUT2D eigenvalue weighted by Crippen LogP contribution is 2.41. The number of nitrogens with zero attached hydrogens (tertiary/aromatic N) is 4. The van der Waals surface area contributed by atoms with Crippen molar-refractivity contribution in [3.63, 3.8) is 0 Å². The lowest BCUT2D eigenvalue weighted by molar-refractivity contribution is -0.286. The van der Waals surface area contributed by atoms with Crippen molar-refractivity contribution >= 4 is 17.9 Å². The summed E-state index contributed by atoms with van der Waals surface area (Å²) in [6.45, 7) is 2.87. The lowest BCUT2D eigenvalue weighted by atomic mass is 10.2. The minimum atomic E-state index is -3.70. The molecule has 34 heavy (non-hydrogen) atoms. The molecule has 180 valence electrons. The molecule has 1 aromatic carbocycles. The maximum atomic E-state index is 13.1. The molecule has 1 atom stereocenters. The lowest BCUT2D eigenvalue weighted by Crippen LogP contribution is -2.50. The van der Waals surface area contributed by atoms with Gasteiger partial charge in [0.25, 0.3) is 5.91 Å². The predicted octanol–water partition coefficient (Wildman–Crippen LogP) is 1.56. The number of alkyl halides is 2. The van der Waals surface area contributed by atoms with Crippen molar-refractivity contribution in [2.45, 2.75) is 19.3 Å². The Bertz CT molecular complexity index is 1100. The van der Waals surface area contributed by atoms with Gasteiger partial charge in [0, 0.05) is 38.3 Å². The predicted molar refractivity (Wildman–Crippen MR) is 113 cm³/mol. The van der Waals surface area contributed by atoms with Crippen LogP contribution in [0.25, 0.3) is 6.08 Å². The first-order chi connectivity index (χ1) is 16.2. The summed E-state index contributed by atoms with van der Waals surface area (Å²) in [4.78, 5) is 36.3. The number of amides is 2. The van der Waals surface area contributed by atoms with Gasteiger partial charge in [-0.25, -0.2) is 9.97 Å². The Kier molecular flexibility index (Phi) is 6.59. The average molecular weight is 476 g/mol. The standard InChI is InChI=1S/C22H22F2N4O6/c1-14(29)12-32-19-11-16(25-13-26-19)21(31)28-8-6-27(7-9-28)20(30)5-3-15-2-4-17-18(10-15)34-22(23,24)33-17/h2-5,10-11,13-14,29H,6-9,12H2,1H3/b5-3+/t14-/m1/s1. The van der Waals surface area contributed by atoms with Crippen molar-refractivity contribution < 1.29 is 37.7 Å². The van der Waals surface area contributed by atoms with E-state index in [1.165, 1.54) is 42.7 Å². The number of benzene rings is 1. The molecule has 2 aliphatic heterocycles. The van der Waals surface area contributed by atoms with E-state index in [0.717, 1.165) is 0 Å². The van der Waals surface area contributed by atoms with Crippen molar-refractivity contribution in [1.29, 1.82) is 0 Å². The number of ether oxygens (including phenoxy) is 3. The van der Waals surface area contributed by atoms with Gasteiger partial charge in [0.2, 0.25) is 11.8 Å². The first-order valence-corrected chi connectivity index (χ1v) is 10.5. The smallest absolute Gasteiger partial charge is 0.475 e. The third-order valence-electron chi connectivity index (χ3n) is 5.06. The van der Waals surface area contributed by atoms with Gasteiger partial charge in [0.1, 0.15) is 18.6 Å². The van der Waals surface area contributed by atoms with Crippen LogP contribution in [0.1, 0.15) is 23.0 Å². The SMILES string of the molecule is C[C@@H](O)COc1cc(C(=O)N2CCN(C(=O)/C=C/c3ccc4c(c3)OC(F)(F)O4)CC2)ncn1. The Morgan fingerprint density at radius 2 is 1.85 bits per heavy atom. The van der Waals surface area contributed by atoms with Crippen LogP contribution in [-0.2, 0) is 4.79 Å². The van der Waals surface area contributed by atoms with Gasteiger partial charge in [0.05, 0.1) is 6.10 Å². The topological polar surface area (TPSA) is 114 Å². The van der Waals surface area contributed by atoms with E-state index in [4.69, 9.17) is 4.74 Å². The van der Waals surface area contributed by atoms with Crippen LogP contribution >= 0.6 is 0 Å². The van der Waals surface area contributed by atoms with Crippen LogP contribution in [0, 0.1) is 0 Å². The fourth-order valence-corrected chi connectivity index (χ4v) is 3.38. The molecule has 2 aromatic rings. The highest BCUT2D eigenvalue weighted by molar-refractivity contribution is 5.94. The Balaban J connectivity index is 1.30. The summed E-state index contributed by atoms with van der Waals surface area (Å²) in [5, 5.41) is 9.31. The van der Waals surface area contributed by atoms with Gasteiger partial charge >= 0.3 is 6.29 Å². The Labute approximate surface area is 193 Å². The number of halogens is 2. The van der Waals surface area contributed by atoms with Crippen molar-refractivity contribution in [3.05, 3.63) is 47.9 Å². The summed E-state index contributed by atoms with van der Waals surface area (Å²) in [5.74, 6) is -0.573. The number of piperazine rings is 1. The maximum absolute atomic E-state index is 13.1. The summed E-state index contributed by atoms with van der Waals surface area (Å²) < 4.78 is 40.3. The van der Waals surface area contributed by atoms with Crippen molar-refractivity contribution in [2.24, 2.45) is 0 Å². The summed E-state index contributed by atoms with van der Waals surface area (Å²) in [6.07, 6.45) is -0.329. The highest BCUT2D eigenvalue weighted by atomic mass is 19.3. The van der Waals surface area contributed by atoms with E-state index >= 15 is 0 Å². The molecular weight excluding hydrogens is 454 g/mol. The molecule has 1 N–H and O–H groups in total. The Morgan fingerprint density at radius 3 is 2.59 bits per heavy atom. The van der Waals surface area contributed by atoms with Gasteiger partial charge in [-0.1, -0.05) is 6.07 Å². The monoisotopic (exact) mass is 476 g/mol. The fourth-order valence-electron chi connectivity index (χ4n) is 3.38. The number of carbonyl (C=O) groups is 2.